The number of aryl methyl sites for hydroxylation is 1. The van der Waals surface area contributed by atoms with Crippen molar-refractivity contribution in [3.8, 4) is 11.6 Å². The van der Waals surface area contributed by atoms with Crippen molar-refractivity contribution in [3.63, 3.8) is 0 Å². The number of aromatic amines is 1. The summed E-state index contributed by atoms with van der Waals surface area (Å²) in [5.41, 5.74) is -0.596. The molecule has 0 unspecified atom stereocenters. The molecule has 94 valence electrons. The first-order valence-corrected chi connectivity index (χ1v) is 5.23. The molecule has 0 aliphatic heterocycles. The maximum atomic E-state index is 13.0. The number of aromatic nitrogens is 2. The molecule has 0 aliphatic rings. The zero-order chi connectivity index (χ0) is 13.4. The smallest absolute Gasteiger partial charge is 0.335 e. The number of nitrogens with one attached hydrogen (secondary N) is 1. The van der Waals surface area contributed by atoms with Crippen LogP contribution < -0.4 is 11.2 Å². The van der Waals surface area contributed by atoms with Crippen LogP contribution in [0.4, 0.5) is 4.39 Å². The van der Waals surface area contributed by atoms with Crippen molar-refractivity contribution in [1.29, 1.82) is 0 Å². The van der Waals surface area contributed by atoms with Gasteiger partial charge in [-0.1, -0.05) is 0 Å². The Hall–Kier alpha value is -2.37. The monoisotopic (exact) mass is 250 g/mol. The van der Waals surface area contributed by atoms with Gasteiger partial charge in [-0.2, -0.15) is 0 Å². The maximum Gasteiger partial charge on any atom is 0.335 e. The number of rotatable bonds is 1. The van der Waals surface area contributed by atoms with Gasteiger partial charge in [-0.05, 0) is 37.6 Å². The summed E-state index contributed by atoms with van der Waals surface area (Å²) >= 11 is 0. The normalized spacial score (nSPS) is 10.6. The van der Waals surface area contributed by atoms with Gasteiger partial charge in [0.15, 0.2) is 0 Å². The Balaban J connectivity index is 2.84. The van der Waals surface area contributed by atoms with E-state index < -0.39 is 22.9 Å². The molecule has 5 nitrogen and oxygen atoms in total. The molecule has 0 fully saturated rings. The molecule has 1 aromatic heterocycles. The fourth-order valence-electron chi connectivity index (χ4n) is 1.71. The highest BCUT2D eigenvalue weighted by Gasteiger charge is 2.13. The van der Waals surface area contributed by atoms with E-state index in [1.807, 2.05) is 0 Å². The van der Waals surface area contributed by atoms with E-state index in [1.165, 1.54) is 25.1 Å². The van der Waals surface area contributed by atoms with E-state index in [-0.39, 0.29) is 5.56 Å². The Morgan fingerprint density at radius 3 is 2.56 bits per heavy atom. The molecule has 0 saturated carbocycles. The second kappa shape index (κ2) is 4.14. The third-order valence-corrected chi connectivity index (χ3v) is 2.71. The summed E-state index contributed by atoms with van der Waals surface area (Å²) in [6, 6.07) is 3.78. The minimum atomic E-state index is -0.766. The predicted molar refractivity (Wildman–Crippen MR) is 63.8 cm³/mol. The Kier molecular flexibility index (Phi) is 2.78. The molecule has 18 heavy (non-hydrogen) atoms. The Morgan fingerprint density at radius 1 is 1.28 bits per heavy atom. The van der Waals surface area contributed by atoms with Crippen molar-refractivity contribution >= 4 is 0 Å². The standard InChI is InChI=1S/C12H11FN2O3/c1-6-5-8(13)3-4-9(6)15-11(17)7(2)10(16)14-12(15)18/h3-5,17H,1-2H3,(H,14,16,18). The number of nitrogens with zero attached hydrogens (tertiary/aromatic N) is 1. The molecule has 0 spiro atoms. The molecule has 2 rings (SSSR count). The molecule has 0 saturated heterocycles. The van der Waals surface area contributed by atoms with E-state index in [9.17, 15) is 19.1 Å². The Labute approximate surface area is 101 Å². The van der Waals surface area contributed by atoms with E-state index in [1.54, 1.807) is 6.92 Å². The summed E-state index contributed by atoms with van der Waals surface area (Å²) in [6.07, 6.45) is 0. The third kappa shape index (κ3) is 1.81. The largest absolute Gasteiger partial charge is 0.494 e. The second-order valence-corrected chi connectivity index (χ2v) is 3.97. The Morgan fingerprint density at radius 2 is 1.94 bits per heavy atom. The van der Waals surface area contributed by atoms with Crippen molar-refractivity contribution in [2.24, 2.45) is 0 Å². The summed E-state index contributed by atoms with van der Waals surface area (Å²) < 4.78 is 13.9. The molecule has 1 heterocycles. The number of hydrogen-bond donors (Lipinski definition) is 2. The first kappa shape index (κ1) is 12.1. The lowest BCUT2D eigenvalue weighted by Crippen LogP contribution is -2.30. The van der Waals surface area contributed by atoms with Crippen LogP contribution in [0.3, 0.4) is 0 Å². The quantitative estimate of drug-likeness (QED) is 0.792. The molecule has 0 bridgehead atoms. The fraction of sp³-hybridized carbons (Fsp3) is 0.167. The van der Waals surface area contributed by atoms with Gasteiger partial charge in [0.25, 0.3) is 5.56 Å². The Bertz CT molecular complexity index is 731. The van der Waals surface area contributed by atoms with E-state index in [0.29, 0.717) is 11.3 Å². The number of halogens is 1. The summed E-state index contributed by atoms with van der Waals surface area (Å²) in [5.74, 6) is -0.886. The van der Waals surface area contributed by atoms with Crippen molar-refractivity contribution in [3.05, 3.63) is 56.0 Å². The predicted octanol–water partition coefficient (Wildman–Crippen LogP) is 0.987. The molecule has 6 heteroatoms. The lowest BCUT2D eigenvalue weighted by molar-refractivity contribution is 0.425. The van der Waals surface area contributed by atoms with E-state index >= 15 is 0 Å². The number of benzene rings is 1. The fourth-order valence-corrected chi connectivity index (χ4v) is 1.71. The lowest BCUT2D eigenvalue weighted by atomic mass is 10.2. The molecule has 2 aromatic rings. The molecule has 1 aromatic carbocycles. The van der Waals surface area contributed by atoms with Gasteiger partial charge in [0.1, 0.15) is 5.82 Å². The summed E-state index contributed by atoms with van der Waals surface area (Å²) in [6.45, 7) is 2.99. The molecule has 0 amide bonds. The minimum Gasteiger partial charge on any atom is -0.494 e. The van der Waals surface area contributed by atoms with Gasteiger partial charge in [0.05, 0.1) is 11.3 Å². The van der Waals surface area contributed by atoms with Gasteiger partial charge in [-0.25, -0.2) is 13.8 Å². The molecule has 0 radical (unpaired) electrons. The second-order valence-electron chi connectivity index (χ2n) is 3.97. The minimum absolute atomic E-state index is 0.0262. The van der Waals surface area contributed by atoms with Crippen LogP contribution in [0.25, 0.3) is 5.69 Å². The molecule has 0 atom stereocenters. The van der Waals surface area contributed by atoms with Gasteiger partial charge in [0, 0.05) is 0 Å². The first-order chi connectivity index (χ1) is 8.41. The van der Waals surface area contributed by atoms with Gasteiger partial charge in [0.2, 0.25) is 5.88 Å². The van der Waals surface area contributed by atoms with E-state index in [0.717, 1.165) is 4.57 Å². The van der Waals surface area contributed by atoms with Crippen LogP contribution >= 0.6 is 0 Å². The zero-order valence-corrected chi connectivity index (χ0v) is 9.82. The number of aromatic hydroxyl groups is 1. The van der Waals surface area contributed by atoms with Crippen LogP contribution in [0.2, 0.25) is 0 Å². The number of H-pyrrole nitrogens is 1. The van der Waals surface area contributed by atoms with Crippen LogP contribution in [0.15, 0.2) is 27.8 Å². The van der Waals surface area contributed by atoms with Crippen LogP contribution in [0.5, 0.6) is 5.88 Å². The van der Waals surface area contributed by atoms with Crippen LogP contribution in [0, 0.1) is 19.7 Å². The molecular formula is C12H11FN2O3. The van der Waals surface area contributed by atoms with Gasteiger partial charge < -0.3 is 5.11 Å². The van der Waals surface area contributed by atoms with Gasteiger partial charge in [-0.15, -0.1) is 0 Å². The highest BCUT2D eigenvalue weighted by molar-refractivity contribution is 5.44. The lowest BCUT2D eigenvalue weighted by Gasteiger charge is -2.11. The average molecular weight is 250 g/mol. The summed E-state index contributed by atoms with van der Waals surface area (Å²) in [5, 5.41) is 9.86. The van der Waals surface area contributed by atoms with Gasteiger partial charge in [-0.3, -0.25) is 9.78 Å². The topological polar surface area (TPSA) is 75.1 Å². The van der Waals surface area contributed by atoms with Crippen LogP contribution in [0.1, 0.15) is 11.1 Å². The van der Waals surface area contributed by atoms with Gasteiger partial charge >= 0.3 is 5.69 Å². The molecular weight excluding hydrogens is 239 g/mol. The average Bonchev–Trinajstić information content (AvgIpc) is 2.29. The molecule has 0 aliphatic carbocycles. The van der Waals surface area contributed by atoms with E-state index in [4.69, 9.17) is 0 Å². The highest BCUT2D eigenvalue weighted by Crippen LogP contribution is 2.19. The first-order valence-electron chi connectivity index (χ1n) is 5.23. The van der Waals surface area contributed by atoms with Crippen LogP contribution in [-0.4, -0.2) is 14.7 Å². The third-order valence-electron chi connectivity index (χ3n) is 2.71. The highest BCUT2D eigenvalue weighted by atomic mass is 19.1. The van der Waals surface area contributed by atoms with Crippen molar-refractivity contribution in [1.82, 2.24) is 9.55 Å². The zero-order valence-electron chi connectivity index (χ0n) is 9.82. The van der Waals surface area contributed by atoms with Crippen molar-refractivity contribution in [2.75, 3.05) is 0 Å². The molecule has 2 N–H and O–H groups in total. The van der Waals surface area contributed by atoms with E-state index in [2.05, 4.69) is 4.98 Å². The van der Waals surface area contributed by atoms with Crippen molar-refractivity contribution in [2.45, 2.75) is 13.8 Å². The van der Waals surface area contributed by atoms with Crippen molar-refractivity contribution < 1.29 is 9.50 Å². The summed E-state index contributed by atoms with van der Waals surface area (Å²) in [4.78, 5) is 25.1. The SMILES string of the molecule is Cc1cc(F)ccc1-n1c(O)c(C)c(=O)[nH]c1=O. The van der Waals surface area contributed by atoms with Crippen LogP contribution in [-0.2, 0) is 0 Å². The summed E-state index contributed by atoms with van der Waals surface area (Å²) in [7, 11) is 0. The number of hydrogen-bond acceptors (Lipinski definition) is 3. The maximum absolute atomic E-state index is 13.0.